The molecule has 0 amide bonds. The van der Waals surface area contributed by atoms with E-state index in [0.717, 1.165) is 55.3 Å². The molecule has 0 saturated carbocycles. The van der Waals surface area contributed by atoms with Crippen molar-refractivity contribution < 1.29 is 2.74 Å². The van der Waals surface area contributed by atoms with Crippen LogP contribution in [0.2, 0.25) is 0 Å². The van der Waals surface area contributed by atoms with E-state index in [1.807, 2.05) is 115 Å². The van der Waals surface area contributed by atoms with Crippen molar-refractivity contribution in [1.82, 2.24) is 19.5 Å². The average Bonchev–Trinajstić information content (AvgIpc) is 3.41. The van der Waals surface area contributed by atoms with Crippen molar-refractivity contribution in [1.29, 1.82) is 0 Å². The van der Waals surface area contributed by atoms with Crippen LogP contribution in [0.1, 0.15) is 2.74 Å². The summed E-state index contributed by atoms with van der Waals surface area (Å²) in [6.45, 7) is 0. The van der Waals surface area contributed by atoms with Gasteiger partial charge in [-0.2, -0.15) is 0 Å². The number of para-hydroxylation sites is 2. The molecular weight excluding hydrogens is 524 g/mol. The van der Waals surface area contributed by atoms with Crippen LogP contribution in [0.25, 0.3) is 72.8 Å². The van der Waals surface area contributed by atoms with E-state index in [4.69, 9.17) is 17.7 Å². The summed E-state index contributed by atoms with van der Waals surface area (Å²) in [5.74, 6) is 1.79. The number of hydrogen-bond acceptors (Lipinski definition) is 3. The minimum Gasteiger partial charge on any atom is -0.309 e. The van der Waals surface area contributed by atoms with Gasteiger partial charge in [-0.3, -0.25) is 0 Å². The topological polar surface area (TPSA) is 43.6 Å². The highest BCUT2D eigenvalue weighted by Crippen LogP contribution is 2.38. The van der Waals surface area contributed by atoms with Crippen LogP contribution in [0, 0.1) is 0 Å². The molecule has 4 heteroatoms. The Kier molecular flexibility index (Phi) is 5.57. The average molecular weight is 553 g/mol. The molecule has 4 nitrogen and oxygen atoms in total. The Morgan fingerprint density at radius 1 is 0.419 bits per heavy atom. The Bertz CT molecular complexity index is 2220. The van der Waals surface area contributed by atoms with Crippen LogP contribution >= 0.6 is 0 Å². The summed E-state index contributed by atoms with van der Waals surface area (Å²) in [7, 11) is 0. The van der Waals surface area contributed by atoms with Crippen LogP contribution in [0.4, 0.5) is 0 Å². The highest BCUT2D eigenvalue weighted by molar-refractivity contribution is 6.09. The second-order valence-electron chi connectivity index (χ2n) is 10.4. The van der Waals surface area contributed by atoms with Gasteiger partial charge >= 0.3 is 0 Å². The Labute approximate surface area is 252 Å². The Morgan fingerprint density at radius 3 is 1.40 bits per heavy atom. The van der Waals surface area contributed by atoms with E-state index in [0.29, 0.717) is 29.6 Å². The third-order valence-corrected chi connectivity index (χ3v) is 7.74. The van der Waals surface area contributed by atoms with Gasteiger partial charge in [0.15, 0.2) is 17.5 Å². The summed E-state index contributed by atoms with van der Waals surface area (Å²) in [6.07, 6.45) is 0. The molecule has 8 rings (SSSR count). The van der Waals surface area contributed by atoms with E-state index >= 15 is 0 Å². The molecule has 0 aliphatic carbocycles. The van der Waals surface area contributed by atoms with Crippen LogP contribution in [0.5, 0.6) is 0 Å². The fourth-order valence-electron chi connectivity index (χ4n) is 5.71. The van der Waals surface area contributed by atoms with Crippen molar-refractivity contribution >= 4 is 21.8 Å². The zero-order valence-electron chi connectivity index (χ0n) is 25.1. The Hall–Kier alpha value is -5.87. The SMILES string of the molecule is [2H]c1ccc2c(c1)c1cc([2H])ccc1n2-c1cc(-c2nc(-c3ccccc3)nc(-c3ccccc3)n2)ccc1-c1ccccc1. The highest BCUT2D eigenvalue weighted by Gasteiger charge is 2.18. The normalized spacial score (nSPS) is 11.9. The zero-order chi connectivity index (χ0) is 30.3. The fourth-order valence-corrected chi connectivity index (χ4v) is 5.71. The van der Waals surface area contributed by atoms with E-state index in [1.165, 1.54) is 0 Å². The van der Waals surface area contributed by atoms with Crippen LogP contribution in [-0.4, -0.2) is 19.5 Å². The molecule has 0 aliphatic heterocycles. The fraction of sp³-hybridized carbons (Fsp3) is 0. The molecule has 0 spiro atoms. The number of nitrogens with zero attached hydrogens (tertiary/aromatic N) is 4. The predicted molar refractivity (Wildman–Crippen MR) is 176 cm³/mol. The highest BCUT2D eigenvalue weighted by atomic mass is 15.0. The molecule has 0 bridgehead atoms. The van der Waals surface area contributed by atoms with Crippen LogP contribution < -0.4 is 0 Å². The van der Waals surface area contributed by atoms with Gasteiger partial charge in [0.1, 0.15) is 0 Å². The molecule has 0 atom stereocenters. The minimum absolute atomic E-state index is 0.432. The predicted octanol–water partition coefficient (Wildman–Crippen LogP) is 9.64. The lowest BCUT2D eigenvalue weighted by molar-refractivity contribution is 1.07. The van der Waals surface area contributed by atoms with Crippen molar-refractivity contribution in [3.8, 4) is 51.0 Å². The van der Waals surface area contributed by atoms with E-state index < -0.39 is 0 Å². The van der Waals surface area contributed by atoms with Gasteiger partial charge in [-0.15, -0.1) is 0 Å². The number of fused-ring (bicyclic) bond motifs is 3. The number of rotatable bonds is 5. The molecule has 8 aromatic rings. The maximum atomic E-state index is 8.35. The number of aromatic nitrogens is 4. The lowest BCUT2D eigenvalue weighted by Gasteiger charge is -2.16. The first kappa shape index (κ1) is 22.8. The lowest BCUT2D eigenvalue weighted by Crippen LogP contribution is -2.02. The van der Waals surface area contributed by atoms with Crippen LogP contribution in [0.3, 0.4) is 0 Å². The van der Waals surface area contributed by atoms with Crippen molar-refractivity contribution in [3.63, 3.8) is 0 Å². The molecule has 6 aromatic carbocycles. The van der Waals surface area contributed by atoms with Gasteiger partial charge in [0, 0.05) is 33.0 Å². The van der Waals surface area contributed by atoms with Crippen molar-refractivity contribution in [3.05, 3.63) is 158 Å². The molecule has 0 saturated heterocycles. The molecule has 0 fully saturated rings. The standard InChI is InChI=1S/C39H26N4/c1-4-14-27(15-5-1)31-25-24-30(26-36(31)43-34-22-12-10-20-32(34)33-21-11-13-23-35(33)43)39-41-37(28-16-6-2-7-17-28)40-38(42-39)29-18-8-3-9-19-29/h1-26H/i10D,11D. The smallest absolute Gasteiger partial charge is 0.164 e. The molecule has 43 heavy (non-hydrogen) atoms. The van der Waals surface area contributed by atoms with E-state index in [9.17, 15) is 0 Å². The van der Waals surface area contributed by atoms with Gasteiger partial charge < -0.3 is 4.57 Å². The van der Waals surface area contributed by atoms with E-state index in [1.54, 1.807) is 0 Å². The maximum Gasteiger partial charge on any atom is 0.164 e. The Morgan fingerprint density at radius 2 is 0.884 bits per heavy atom. The van der Waals surface area contributed by atoms with Gasteiger partial charge in [-0.05, 0) is 23.8 Å². The van der Waals surface area contributed by atoms with Crippen molar-refractivity contribution in [2.75, 3.05) is 0 Å². The third-order valence-electron chi connectivity index (χ3n) is 7.74. The largest absolute Gasteiger partial charge is 0.309 e. The monoisotopic (exact) mass is 552 g/mol. The first-order valence-electron chi connectivity index (χ1n) is 15.2. The first-order chi connectivity index (χ1) is 22.1. The maximum absolute atomic E-state index is 8.35. The molecule has 0 unspecified atom stereocenters. The third kappa shape index (κ3) is 4.46. The molecule has 2 heterocycles. The van der Waals surface area contributed by atoms with Gasteiger partial charge in [0.05, 0.1) is 19.5 Å². The molecule has 0 N–H and O–H groups in total. The summed E-state index contributed by atoms with van der Waals surface area (Å²) >= 11 is 0. The van der Waals surface area contributed by atoms with Gasteiger partial charge in [0.2, 0.25) is 0 Å². The van der Waals surface area contributed by atoms with Gasteiger partial charge in [-0.1, -0.05) is 139 Å². The molecular formula is C39H26N4. The summed E-state index contributed by atoms with van der Waals surface area (Å²) in [6, 6.07) is 48.9. The van der Waals surface area contributed by atoms with Crippen LogP contribution in [-0.2, 0) is 0 Å². The lowest BCUT2D eigenvalue weighted by atomic mass is 10.0. The number of hydrogen-bond donors (Lipinski definition) is 0. The summed E-state index contributed by atoms with van der Waals surface area (Å²) in [5, 5.41) is 1.88. The molecule has 2 aromatic heterocycles. The van der Waals surface area contributed by atoms with E-state index in [2.05, 4.69) is 34.9 Å². The number of benzene rings is 6. The molecule has 0 radical (unpaired) electrons. The first-order valence-corrected chi connectivity index (χ1v) is 14.2. The molecule has 202 valence electrons. The molecule has 0 aliphatic rings. The Balaban J connectivity index is 1.42. The summed E-state index contributed by atoms with van der Waals surface area (Å²) < 4.78 is 18.9. The van der Waals surface area contributed by atoms with Gasteiger partial charge in [0.25, 0.3) is 0 Å². The van der Waals surface area contributed by atoms with E-state index in [-0.39, 0.29) is 0 Å². The minimum atomic E-state index is 0.432. The van der Waals surface area contributed by atoms with Crippen LogP contribution in [0.15, 0.2) is 158 Å². The second-order valence-corrected chi connectivity index (χ2v) is 10.4. The summed E-state index contributed by atoms with van der Waals surface area (Å²) in [4.78, 5) is 14.9. The second kappa shape index (κ2) is 10.5. The van der Waals surface area contributed by atoms with Gasteiger partial charge in [-0.25, -0.2) is 15.0 Å². The summed E-state index contributed by atoms with van der Waals surface area (Å²) in [5.41, 5.74) is 7.69. The van der Waals surface area contributed by atoms with Crippen molar-refractivity contribution in [2.24, 2.45) is 0 Å². The van der Waals surface area contributed by atoms with Crippen molar-refractivity contribution in [2.45, 2.75) is 0 Å². The zero-order valence-corrected chi connectivity index (χ0v) is 23.1. The quantitative estimate of drug-likeness (QED) is 0.213.